The third kappa shape index (κ3) is 1.28. The molecule has 0 aromatic carbocycles. The van der Waals surface area contributed by atoms with Gasteiger partial charge in [0.1, 0.15) is 4.47 Å². The Morgan fingerprint density at radius 1 is 1.45 bits per heavy atom. The van der Waals surface area contributed by atoms with Crippen LogP contribution >= 0.6 is 15.9 Å². The second-order valence-electron chi connectivity index (χ2n) is 2.22. The molecule has 0 unspecified atom stereocenters. The van der Waals surface area contributed by atoms with E-state index in [-0.39, 0.29) is 5.56 Å². The van der Waals surface area contributed by atoms with Crippen LogP contribution in [0, 0.1) is 6.92 Å². The highest BCUT2D eigenvalue weighted by molar-refractivity contribution is 9.10. The molecular formula is C6H7BrN2O2. The van der Waals surface area contributed by atoms with E-state index in [9.17, 15) is 9.59 Å². The van der Waals surface area contributed by atoms with E-state index in [1.165, 1.54) is 4.57 Å². The molecule has 0 saturated carbocycles. The maximum atomic E-state index is 10.9. The van der Waals surface area contributed by atoms with Gasteiger partial charge in [-0.3, -0.25) is 14.3 Å². The van der Waals surface area contributed by atoms with Crippen LogP contribution in [0.5, 0.6) is 0 Å². The zero-order chi connectivity index (χ0) is 8.59. The smallest absolute Gasteiger partial charge is 0.300 e. The predicted molar refractivity (Wildman–Crippen MR) is 44.7 cm³/mol. The first kappa shape index (κ1) is 8.26. The fourth-order valence-corrected chi connectivity index (χ4v) is 1.06. The molecule has 1 aromatic heterocycles. The fourth-order valence-electron chi connectivity index (χ4n) is 0.700. The lowest BCUT2D eigenvalue weighted by Crippen LogP contribution is -2.30. The Kier molecular flexibility index (Phi) is 1.99. The van der Waals surface area contributed by atoms with Crippen LogP contribution < -0.4 is 11.2 Å². The number of halogens is 1. The molecule has 0 atom stereocenters. The van der Waals surface area contributed by atoms with Crippen LogP contribution in [0.15, 0.2) is 14.1 Å². The Balaban J connectivity index is 3.73. The van der Waals surface area contributed by atoms with Crippen molar-refractivity contribution in [3.05, 3.63) is 31.0 Å². The molecule has 0 fully saturated rings. The predicted octanol–water partition coefficient (Wildman–Crippen LogP) is 0.145. The molecule has 11 heavy (non-hydrogen) atoms. The van der Waals surface area contributed by atoms with Crippen molar-refractivity contribution in [3.8, 4) is 0 Å². The largest absolute Gasteiger partial charge is 0.328 e. The summed E-state index contributed by atoms with van der Waals surface area (Å²) in [6, 6.07) is 0. The van der Waals surface area contributed by atoms with E-state index >= 15 is 0 Å². The van der Waals surface area contributed by atoms with Gasteiger partial charge in [-0.1, -0.05) is 0 Å². The SMILES string of the molecule is Cc1c(Br)c(=O)[nH]c(=O)n1C. The summed E-state index contributed by atoms with van der Waals surface area (Å²) in [4.78, 5) is 23.9. The van der Waals surface area contributed by atoms with Crippen LogP contribution in [0.4, 0.5) is 0 Å². The number of nitrogens with zero attached hydrogens (tertiary/aromatic N) is 1. The summed E-state index contributed by atoms with van der Waals surface area (Å²) in [5.74, 6) is 0. The quantitative estimate of drug-likeness (QED) is 0.674. The fraction of sp³-hybridized carbons (Fsp3) is 0.333. The van der Waals surface area contributed by atoms with Gasteiger partial charge in [-0.15, -0.1) is 0 Å². The van der Waals surface area contributed by atoms with E-state index < -0.39 is 5.69 Å². The van der Waals surface area contributed by atoms with E-state index in [1.807, 2.05) is 0 Å². The van der Waals surface area contributed by atoms with Crippen LogP contribution in [0.1, 0.15) is 5.69 Å². The highest BCUT2D eigenvalue weighted by Crippen LogP contribution is 2.04. The normalized spacial score (nSPS) is 10.1. The van der Waals surface area contributed by atoms with Crippen molar-refractivity contribution in [2.75, 3.05) is 0 Å². The molecule has 0 aliphatic heterocycles. The van der Waals surface area contributed by atoms with Gasteiger partial charge in [-0.25, -0.2) is 4.79 Å². The molecule has 0 amide bonds. The molecule has 4 nitrogen and oxygen atoms in total. The lowest BCUT2D eigenvalue weighted by Gasteiger charge is -2.01. The van der Waals surface area contributed by atoms with Gasteiger partial charge < -0.3 is 0 Å². The topological polar surface area (TPSA) is 54.9 Å². The summed E-state index contributed by atoms with van der Waals surface area (Å²) in [6.45, 7) is 1.70. The molecule has 60 valence electrons. The Morgan fingerprint density at radius 3 is 2.55 bits per heavy atom. The molecule has 0 aliphatic rings. The maximum absolute atomic E-state index is 10.9. The lowest BCUT2D eigenvalue weighted by molar-refractivity contribution is 0.757. The van der Waals surface area contributed by atoms with E-state index in [4.69, 9.17) is 0 Å². The van der Waals surface area contributed by atoms with Gasteiger partial charge in [0.2, 0.25) is 0 Å². The molecular weight excluding hydrogens is 212 g/mol. The average Bonchev–Trinajstić information content (AvgIpc) is 1.97. The van der Waals surface area contributed by atoms with Gasteiger partial charge in [0.25, 0.3) is 5.56 Å². The number of H-pyrrole nitrogens is 1. The lowest BCUT2D eigenvalue weighted by atomic mass is 10.4. The number of nitrogens with one attached hydrogen (secondary N) is 1. The van der Waals surface area contributed by atoms with Crippen molar-refractivity contribution >= 4 is 15.9 Å². The van der Waals surface area contributed by atoms with E-state index in [0.29, 0.717) is 10.2 Å². The van der Waals surface area contributed by atoms with Crippen LogP contribution in [-0.2, 0) is 7.05 Å². The van der Waals surface area contributed by atoms with Gasteiger partial charge in [-0.05, 0) is 22.9 Å². The van der Waals surface area contributed by atoms with Crippen molar-refractivity contribution in [2.24, 2.45) is 7.05 Å². The molecule has 5 heteroatoms. The average molecular weight is 219 g/mol. The third-order valence-electron chi connectivity index (χ3n) is 1.55. The first-order valence-electron chi connectivity index (χ1n) is 2.99. The molecule has 0 aliphatic carbocycles. The van der Waals surface area contributed by atoms with Crippen LogP contribution in [0.3, 0.4) is 0 Å². The minimum Gasteiger partial charge on any atom is -0.300 e. The zero-order valence-electron chi connectivity index (χ0n) is 6.14. The molecule has 1 heterocycles. The van der Waals surface area contributed by atoms with Crippen molar-refractivity contribution < 1.29 is 0 Å². The van der Waals surface area contributed by atoms with Crippen LogP contribution in [0.2, 0.25) is 0 Å². The monoisotopic (exact) mass is 218 g/mol. The number of hydrogen-bond acceptors (Lipinski definition) is 2. The summed E-state index contributed by atoms with van der Waals surface area (Å²) < 4.78 is 1.77. The minimum atomic E-state index is -0.393. The number of hydrogen-bond donors (Lipinski definition) is 1. The number of aromatic amines is 1. The molecule has 0 radical (unpaired) electrons. The summed E-state index contributed by atoms with van der Waals surface area (Å²) in [6.07, 6.45) is 0. The number of aromatic nitrogens is 2. The minimum absolute atomic E-state index is 0.384. The first-order valence-corrected chi connectivity index (χ1v) is 3.78. The summed E-state index contributed by atoms with van der Waals surface area (Å²) in [7, 11) is 1.60. The van der Waals surface area contributed by atoms with Gasteiger partial charge in [-0.2, -0.15) is 0 Å². The van der Waals surface area contributed by atoms with E-state index in [0.717, 1.165) is 0 Å². The van der Waals surface area contributed by atoms with Crippen molar-refractivity contribution in [1.82, 2.24) is 9.55 Å². The standard InChI is InChI=1S/C6H7BrN2O2/c1-3-4(7)5(10)8-6(11)9(3)2/h1-2H3,(H,8,10,11). The molecule has 0 saturated heterocycles. The molecule has 0 bridgehead atoms. The second kappa shape index (κ2) is 2.65. The van der Waals surface area contributed by atoms with Crippen molar-refractivity contribution in [2.45, 2.75) is 6.92 Å². The Bertz CT molecular complexity index is 356. The van der Waals surface area contributed by atoms with Crippen LogP contribution in [0.25, 0.3) is 0 Å². The van der Waals surface area contributed by atoms with Crippen molar-refractivity contribution in [3.63, 3.8) is 0 Å². The molecule has 1 aromatic rings. The summed E-state index contributed by atoms with van der Waals surface area (Å²) in [5.41, 5.74) is -0.153. The maximum Gasteiger partial charge on any atom is 0.328 e. The Hall–Kier alpha value is -0.840. The molecule has 1 N–H and O–H groups in total. The zero-order valence-corrected chi connectivity index (χ0v) is 7.73. The van der Waals surface area contributed by atoms with Gasteiger partial charge in [0, 0.05) is 12.7 Å². The highest BCUT2D eigenvalue weighted by Gasteiger charge is 2.03. The second-order valence-corrected chi connectivity index (χ2v) is 3.01. The van der Waals surface area contributed by atoms with Gasteiger partial charge in [0.05, 0.1) is 0 Å². The molecule has 0 spiro atoms. The van der Waals surface area contributed by atoms with Crippen LogP contribution in [-0.4, -0.2) is 9.55 Å². The Labute approximate surface area is 71.0 Å². The summed E-state index contributed by atoms with van der Waals surface area (Å²) in [5, 5.41) is 0. The number of rotatable bonds is 0. The van der Waals surface area contributed by atoms with E-state index in [1.54, 1.807) is 14.0 Å². The van der Waals surface area contributed by atoms with Crippen molar-refractivity contribution in [1.29, 1.82) is 0 Å². The third-order valence-corrected chi connectivity index (χ3v) is 2.48. The summed E-state index contributed by atoms with van der Waals surface area (Å²) >= 11 is 3.06. The first-order chi connectivity index (χ1) is 5.04. The highest BCUT2D eigenvalue weighted by atomic mass is 79.9. The van der Waals surface area contributed by atoms with E-state index in [2.05, 4.69) is 20.9 Å². The Morgan fingerprint density at radius 2 is 2.00 bits per heavy atom. The van der Waals surface area contributed by atoms with Gasteiger partial charge >= 0.3 is 5.69 Å². The molecule has 1 rings (SSSR count). The van der Waals surface area contributed by atoms with Gasteiger partial charge in [0.15, 0.2) is 0 Å².